The first-order chi connectivity index (χ1) is 8.52. The maximum atomic E-state index is 13.3. The minimum atomic E-state index is -0.476. The summed E-state index contributed by atoms with van der Waals surface area (Å²) in [5, 5.41) is 0. The van der Waals surface area contributed by atoms with Gasteiger partial charge in [-0.1, -0.05) is 23.8 Å². The molecule has 0 spiro atoms. The Hall–Kier alpha value is -1.96. The SMILES string of the molecule is Cc1cc(C)c(-c2ccc(F)c(C=O)c2)c(C)c1. The van der Waals surface area contributed by atoms with Gasteiger partial charge >= 0.3 is 0 Å². The fraction of sp³-hybridized carbons (Fsp3) is 0.188. The number of hydrogen-bond donors (Lipinski definition) is 0. The van der Waals surface area contributed by atoms with E-state index in [1.807, 2.05) is 20.8 Å². The average Bonchev–Trinajstić information content (AvgIpc) is 2.30. The molecule has 2 aromatic carbocycles. The quantitative estimate of drug-likeness (QED) is 0.720. The zero-order valence-corrected chi connectivity index (χ0v) is 10.8. The molecule has 18 heavy (non-hydrogen) atoms. The van der Waals surface area contributed by atoms with Crippen molar-refractivity contribution >= 4 is 6.29 Å². The summed E-state index contributed by atoms with van der Waals surface area (Å²) in [7, 11) is 0. The van der Waals surface area contributed by atoms with Gasteiger partial charge in [0.1, 0.15) is 5.82 Å². The molecule has 0 heterocycles. The van der Waals surface area contributed by atoms with Gasteiger partial charge in [0, 0.05) is 0 Å². The minimum absolute atomic E-state index is 0.104. The summed E-state index contributed by atoms with van der Waals surface area (Å²) in [6.45, 7) is 6.10. The van der Waals surface area contributed by atoms with Crippen LogP contribution in [0.2, 0.25) is 0 Å². The molecule has 0 unspecified atom stereocenters. The third kappa shape index (κ3) is 2.19. The summed E-state index contributed by atoms with van der Waals surface area (Å²) in [5.41, 5.74) is 5.53. The maximum Gasteiger partial charge on any atom is 0.153 e. The molecule has 92 valence electrons. The number of rotatable bonds is 2. The minimum Gasteiger partial charge on any atom is -0.298 e. The van der Waals surface area contributed by atoms with Gasteiger partial charge in [-0.05, 0) is 55.2 Å². The van der Waals surface area contributed by atoms with E-state index in [1.165, 1.54) is 11.6 Å². The fourth-order valence-corrected chi connectivity index (χ4v) is 2.42. The Kier molecular flexibility index (Phi) is 3.28. The molecule has 0 saturated carbocycles. The molecule has 0 aliphatic heterocycles. The Balaban J connectivity index is 2.66. The van der Waals surface area contributed by atoms with Crippen molar-refractivity contribution in [1.82, 2.24) is 0 Å². The van der Waals surface area contributed by atoms with Crippen molar-refractivity contribution in [3.05, 3.63) is 58.4 Å². The summed E-state index contributed by atoms with van der Waals surface area (Å²) in [6.07, 6.45) is 0.553. The predicted octanol–water partition coefficient (Wildman–Crippen LogP) is 4.23. The van der Waals surface area contributed by atoms with E-state index in [2.05, 4.69) is 12.1 Å². The molecular weight excluding hydrogens is 227 g/mol. The molecule has 0 saturated heterocycles. The molecular formula is C16H15FO. The predicted molar refractivity (Wildman–Crippen MR) is 71.4 cm³/mol. The second kappa shape index (κ2) is 4.73. The number of benzene rings is 2. The van der Waals surface area contributed by atoms with Crippen LogP contribution < -0.4 is 0 Å². The van der Waals surface area contributed by atoms with Crippen LogP contribution in [0.1, 0.15) is 27.0 Å². The van der Waals surface area contributed by atoms with Gasteiger partial charge in [0.25, 0.3) is 0 Å². The van der Waals surface area contributed by atoms with Gasteiger partial charge in [-0.3, -0.25) is 4.79 Å². The number of hydrogen-bond acceptors (Lipinski definition) is 1. The number of aryl methyl sites for hydroxylation is 3. The Morgan fingerprint density at radius 2 is 1.61 bits per heavy atom. The van der Waals surface area contributed by atoms with Gasteiger partial charge in [0.05, 0.1) is 5.56 Å². The Morgan fingerprint density at radius 3 is 2.17 bits per heavy atom. The van der Waals surface area contributed by atoms with Gasteiger partial charge in [0.15, 0.2) is 6.29 Å². The van der Waals surface area contributed by atoms with E-state index in [9.17, 15) is 9.18 Å². The Labute approximate surface area is 106 Å². The number of halogens is 1. The van der Waals surface area contributed by atoms with E-state index in [0.29, 0.717) is 6.29 Å². The summed E-state index contributed by atoms with van der Waals surface area (Å²) in [6, 6.07) is 8.84. The lowest BCUT2D eigenvalue weighted by Crippen LogP contribution is -1.93. The van der Waals surface area contributed by atoms with Crippen molar-refractivity contribution in [1.29, 1.82) is 0 Å². The zero-order valence-electron chi connectivity index (χ0n) is 10.8. The molecule has 2 heteroatoms. The van der Waals surface area contributed by atoms with Gasteiger partial charge in [-0.15, -0.1) is 0 Å². The third-order valence-corrected chi connectivity index (χ3v) is 3.09. The monoisotopic (exact) mass is 242 g/mol. The molecule has 2 rings (SSSR count). The number of carbonyl (C=O) groups excluding carboxylic acids is 1. The zero-order chi connectivity index (χ0) is 13.3. The highest BCUT2D eigenvalue weighted by Crippen LogP contribution is 2.29. The van der Waals surface area contributed by atoms with E-state index in [-0.39, 0.29) is 5.56 Å². The lowest BCUT2D eigenvalue weighted by atomic mass is 9.93. The smallest absolute Gasteiger partial charge is 0.153 e. The van der Waals surface area contributed by atoms with Crippen molar-refractivity contribution in [2.24, 2.45) is 0 Å². The van der Waals surface area contributed by atoms with E-state index < -0.39 is 5.82 Å². The van der Waals surface area contributed by atoms with E-state index in [0.717, 1.165) is 22.3 Å². The normalized spacial score (nSPS) is 10.4. The highest BCUT2D eigenvalue weighted by atomic mass is 19.1. The van der Waals surface area contributed by atoms with Gasteiger partial charge < -0.3 is 0 Å². The first kappa shape index (κ1) is 12.5. The van der Waals surface area contributed by atoms with Crippen LogP contribution in [0.5, 0.6) is 0 Å². The molecule has 0 atom stereocenters. The molecule has 0 aliphatic carbocycles. The van der Waals surface area contributed by atoms with Crippen LogP contribution in [-0.2, 0) is 0 Å². The molecule has 0 amide bonds. The summed E-state index contributed by atoms with van der Waals surface area (Å²) >= 11 is 0. The average molecular weight is 242 g/mol. The van der Waals surface area contributed by atoms with Crippen LogP contribution in [0.15, 0.2) is 30.3 Å². The molecule has 0 aliphatic rings. The fourth-order valence-electron chi connectivity index (χ4n) is 2.42. The molecule has 0 N–H and O–H groups in total. The lowest BCUT2D eigenvalue weighted by Gasteiger charge is -2.12. The van der Waals surface area contributed by atoms with Crippen molar-refractivity contribution in [2.75, 3.05) is 0 Å². The topological polar surface area (TPSA) is 17.1 Å². The van der Waals surface area contributed by atoms with Crippen molar-refractivity contribution in [2.45, 2.75) is 20.8 Å². The molecule has 0 aromatic heterocycles. The highest BCUT2D eigenvalue weighted by molar-refractivity contribution is 5.81. The van der Waals surface area contributed by atoms with Crippen molar-refractivity contribution < 1.29 is 9.18 Å². The third-order valence-electron chi connectivity index (χ3n) is 3.09. The second-order valence-electron chi connectivity index (χ2n) is 4.63. The van der Waals surface area contributed by atoms with Crippen LogP contribution in [0.25, 0.3) is 11.1 Å². The van der Waals surface area contributed by atoms with E-state index >= 15 is 0 Å². The lowest BCUT2D eigenvalue weighted by molar-refractivity contribution is 0.112. The summed E-state index contributed by atoms with van der Waals surface area (Å²) in [5.74, 6) is -0.476. The van der Waals surface area contributed by atoms with Crippen molar-refractivity contribution in [3.63, 3.8) is 0 Å². The Bertz CT molecular complexity index is 591. The van der Waals surface area contributed by atoms with Crippen LogP contribution in [0.3, 0.4) is 0 Å². The highest BCUT2D eigenvalue weighted by Gasteiger charge is 2.09. The van der Waals surface area contributed by atoms with Crippen molar-refractivity contribution in [3.8, 4) is 11.1 Å². The molecule has 1 nitrogen and oxygen atoms in total. The standard InChI is InChI=1S/C16H15FO/c1-10-6-11(2)16(12(3)7-10)13-4-5-15(17)14(8-13)9-18/h4-9H,1-3H3. The Morgan fingerprint density at radius 1 is 1.00 bits per heavy atom. The largest absolute Gasteiger partial charge is 0.298 e. The molecule has 2 aromatic rings. The first-order valence-electron chi connectivity index (χ1n) is 5.86. The first-order valence-corrected chi connectivity index (χ1v) is 5.86. The van der Waals surface area contributed by atoms with Gasteiger partial charge in [-0.2, -0.15) is 0 Å². The van der Waals surface area contributed by atoms with Gasteiger partial charge in [0.2, 0.25) is 0 Å². The summed E-state index contributed by atoms with van der Waals surface area (Å²) < 4.78 is 13.3. The van der Waals surface area contributed by atoms with Gasteiger partial charge in [-0.25, -0.2) is 4.39 Å². The second-order valence-corrected chi connectivity index (χ2v) is 4.63. The molecule has 0 fully saturated rings. The van der Waals surface area contributed by atoms with Crippen LogP contribution in [-0.4, -0.2) is 6.29 Å². The molecule has 0 radical (unpaired) electrons. The van der Waals surface area contributed by atoms with E-state index in [1.54, 1.807) is 12.1 Å². The van der Waals surface area contributed by atoms with Crippen LogP contribution in [0.4, 0.5) is 4.39 Å². The van der Waals surface area contributed by atoms with E-state index in [4.69, 9.17) is 0 Å². The van der Waals surface area contributed by atoms with Crippen LogP contribution >= 0.6 is 0 Å². The molecule has 0 bridgehead atoms. The maximum absolute atomic E-state index is 13.3. The summed E-state index contributed by atoms with van der Waals surface area (Å²) in [4.78, 5) is 10.8. The van der Waals surface area contributed by atoms with Crippen LogP contribution in [0, 0.1) is 26.6 Å². The number of carbonyl (C=O) groups is 1. The number of aldehydes is 1.